The Balaban J connectivity index is 1.69. The molecule has 1 aromatic heterocycles. The summed E-state index contributed by atoms with van der Waals surface area (Å²) in [5.74, 6) is 0.248. The molecule has 120 valence electrons. The summed E-state index contributed by atoms with van der Waals surface area (Å²) in [6, 6.07) is 2.12. The van der Waals surface area contributed by atoms with Crippen molar-refractivity contribution in [1.29, 1.82) is 0 Å². The maximum absolute atomic E-state index is 12.2. The zero-order valence-corrected chi connectivity index (χ0v) is 13.2. The number of carbonyl (C=O) groups excluding carboxylic acids is 2. The maximum atomic E-state index is 12.2. The van der Waals surface area contributed by atoms with Gasteiger partial charge in [-0.3, -0.25) is 9.48 Å². The summed E-state index contributed by atoms with van der Waals surface area (Å²) in [5, 5.41) is 4.40. The van der Waals surface area contributed by atoms with Gasteiger partial charge in [-0.1, -0.05) is 0 Å². The summed E-state index contributed by atoms with van der Waals surface area (Å²) < 4.78 is 2.01. The van der Waals surface area contributed by atoms with Crippen LogP contribution in [0, 0.1) is 0 Å². The molecule has 0 N–H and O–H groups in total. The fourth-order valence-corrected chi connectivity index (χ4v) is 3.27. The van der Waals surface area contributed by atoms with Crippen LogP contribution in [0.25, 0.3) is 0 Å². The van der Waals surface area contributed by atoms with Crippen LogP contribution in [0.2, 0.25) is 0 Å². The fraction of sp³-hybridized carbons (Fsp3) is 0.667. The quantitative estimate of drug-likeness (QED) is 0.835. The van der Waals surface area contributed by atoms with Crippen molar-refractivity contribution in [3.8, 4) is 0 Å². The molecule has 1 atom stereocenters. The molecule has 0 saturated carbocycles. The molecule has 0 aromatic carbocycles. The molecule has 0 aliphatic carbocycles. The Kier molecular flexibility index (Phi) is 4.04. The minimum Gasteiger partial charge on any atom is -0.343 e. The molecule has 3 amide bonds. The number of amides is 3. The Morgan fingerprint density at radius 1 is 1.45 bits per heavy atom. The second-order valence-corrected chi connectivity index (χ2v) is 6.25. The summed E-state index contributed by atoms with van der Waals surface area (Å²) in [6.07, 6.45) is 4.25. The highest BCUT2D eigenvalue weighted by Gasteiger charge is 2.30. The molecular weight excluding hydrogens is 282 g/mol. The summed E-state index contributed by atoms with van der Waals surface area (Å²) in [5.41, 5.74) is 1.05. The van der Waals surface area contributed by atoms with E-state index < -0.39 is 0 Å². The fourth-order valence-electron chi connectivity index (χ4n) is 3.27. The number of carbonyl (C=O) groups is 2. The van der Waals surface area contributed by atoms with E-state index in [0.717, 1.165) is 31.6 Å². The predicted molar refractivity (Wildman–Crippen MR) is 81.2 cm³/mol. The van der Waals surface area contributed by atoms with Gasteiger partial charge in [0.05, 0.1) is 18.3 Å². The maximum Gasteiger partial charge on any atom is 0.319 e. The molecule has 7 nitrogen and oxygen atoms in total. The van der Waals surface area contributed by atoms with Gasteiger partial charge in [0.15, 0.2) is 0 Å². The summed E-state index contributed by atoms with van der Waals surface area (Å²) in [7, 11) is 3.54. The van der Waals surface area contributed by atoms with Crippen LogP contribution in [0.15, 0.2) is 12.3 Å². The average Bonchev–Trinajstić information content (AvgIpc) is 3.12. The highest BCUT2D eigenvalue weighted by Crippen LogP contribution is 2.24. The lowest BCUT2D eigenvalue weighted by atomic mass is 10.1. The van der Waals surface area contributed by atoms with Crippen molar-refractivity contribution >= 4 is 11.9 Å². The molecule has 1 aromatic rings. The topological polar surface area (TPSA) is 61.7 Å². The van der Waals surface area contributed by atoms with Gasteiger partial charge in [-0.15, -0.1) is 0 Å². The number of hydrogen-bond acceptors (Lipinski definition) is 3. The lowest BCUT2D eigenvalue weighted by Gasteiger charge is -2.35. The van der Waals surface area contributed by atoms with Gasteiger partial charge in [-0.2, -0.15) is 5.10 Å². The van der Waals surface area contributed by atoms with Crippen molar-refractivity contribution in [1.82, 2.24) is 24.5 Å². The van der Waals surface area contributed by atoms with Gasteiger partial charge in [-0.25, -0.2) is 4.79 Å². The largest absolute Gasteiger partial charge is 0.343 e. The van der Waals surface area contributed by atoms with Crippen LogP contribution in [-0.2, 0) is 11.3 Å². The Hall–Kier alpha value is -2.05. The van der Waals surface area contributed by atoms with Crippen LogP contribution >= 0.6 is 0 Å². The molecule has 1 unspecified atom stereocenters. The van der Waals surface area contributed by atoms with E-state index in [2.05, 4.69) is 5.10 Å². The smallest absolute Gasteiger partial charge is 0.319 e. The van der Waals surface area contributed by atoms with Crippen molar-refractivity contribution < 1.29 is 9.59 Å². The van der Waals surface area contributed by atoms with E-state index in [-0.39, 0.29) is 18.0 Å². The van der Waals surface area contributed by atoms with Crippen molar-refractivity contribution in [2.24, 2.45) is 0 Å². The highest BCUT2D eigenvalue weighted by molar-refractivity contribution is 5.78. The van der Waals surface area contributed by atoms with Crippen LogP contribution < -0.4 is 0 Å². The minimum atomic E-state index is 0.0229. The molecule has 3 heterocycles. The second kappa shape index (κ2) is 5.98. The van der Waals surface area contributed by atoms with Crippen molar-refractivity contribution in [2.75, 3.05) is 33.7 Å². The van der Waals surface area contributed by atoms with Gasteiger partial charge in [0, 0.05) is 46.3 Å². The zero-order valence-electron chi connectivity index (χ0n) is 13.2. The van der Waals surface area contributed by atoms with Gasteiger partial charge in [0.2, 0.25) is 5.91 Å². The number of fused-ring (bicyclic) bond motifs is 1. The molecule has 1 saturated heterocycles. The highest BCUT2D eigenvalue weighted by atomic mass is 16.2. The average molecular weight is 305 g/mol. The first-order valence-electron chi connectivity index (χ1n) is 7.82. The molecule has 0 radical (unpaired) electrons. The van der Waals surface area contributed by atoms with Gasteiger partial charge in [0.1, 0.15) is 0 Å². The Morgan fingerprint density at radius 2 is 2.27 bits per heavy atom. The van der Waals surface area contributed by atoms with Crippen LogP contribution in [0.3, 0.4) is 0 Å². The second-order valence-electron chi connectivity index (χ2n) is 6.25. The zero-order chi connectivity index (χ0) is 15.7. The first kappa shape index (κ1) is 14.9. The Morgan fingerprint density at radius 3 is 2.95 bits per heavy atom. The Bertz CT molecular complexity index is 568. The molecule has 0 bridgehead atoms. The third kappa shape index (κ3) is 2.80. The van der Waals surface area contributed by atoms with Crippen molar-refractivity contribution in [3.63, 3.8) is 0 Å². The molecule has 0 spiro atoms. The first-order chi connectivity index (χ1) is 10.6. The Labute approximate surface area is 130 Å². The van der Waals surface area contributed by atoms with E-state index in [9.17, 15) is 9.59 Å². The van der Waals surface area contributed by atoms with Crippen LogP contribution in [0.4, 0.5) is 4.79 Å². The standard InChI is InChI=1S/C15H23N5O2/c1-17(2)15(22)19-10-12-5-7-16-20(12)13(11-19)6-9-18-8-3-4-14(18)21/h5,7,13H,3-4,6,8-11H2,1-2H3. The third-order valence-corrected chi connectivity index (χ3v) is 4.44. The lowest BCUT2D eigenvalue weighted by molar-refractivity contribution is -0.127. The summed E-state index contributed by atoms with van der Waals surface area (Å²) >= 11 is 0. The number of hydrogen-bond donors (Lipinski definition) is 0. The lowest BCUT2D eigenvalue weighted by Crippen LogP contribution is -2.46. The van der Waals surface area contributed by atoms with Crippen LogP contribution in [-0.4, -0.2) is 70.1 Å². The molecular formula is C15H23N5O2. The van der Waals surface area contributed by atoms with Gasteiger partial charge in [-0.05, 0) is 18.9 Å². The van der Waals surface area contributed by atoms with E-state index in [4.69, 9.17) is 0 Å². The third-order valence-electron chi connectivity index (χ3n) is 4.44. The van der Waals surface area contributed by atoms with Crippen LogP contribution in [0.1, 0.15) is 31.0 Å². The number of nitrogens with zero attached hydrogens (tertiary/aromatic N) is 5. The molecule has 1 fully saturated rings. The number of urea groups is 1. The normalized spacial score (nSPS) is 21.2. The molecule has 2 aliphatic rings. The van der Waals surface area contributed by atoms with E-state index in [0.29, 0.717) is 19.5 Å². The summed E-state index contributed by atoms with van der Waals surface area (Å²) in [4.78, 5) is 29.4. The van der Waals surface area contributed by atoms with E-state index in [1.165, 1.54) is 0 Å². The molecule has 22 heavy (non-hydrogen) atoms. The monoisotopic (exact) mass is 305 g/mol. The van der Waals surface area contributed by atoms with Crippen molar-refractivity contribution in [3.05, 3.63) is 18.0 Å². The van der Waals surface area contributed by atoms with E-state index in [1.54, 1.807) is 25.2 Å². The van der Waals surface area contributed by atoms with Gasteiger partial charge < -0.3 is 14.7 Å². The minimum absolute atomic E-state index is 0.0229. The number of aromatic nitrogens is 2. The SMILES string of the molecule is CN(C)C(=O)N1Cc2ccnn2C(CCN2CCCC2=O)C1. The summed E-state index contributed by atoms with van der Waals surface area (Å²) in [6.45, 7) is 2.84. The van der Waals surface area contributed by atoms with Gasteiger partial charge in [0.25, 0.3) is 0 Å². The molecule has 3 rings (SSSR count). The molecule has 2 aliphatic heterocycles. The van der Waals surface area contributed by atoms with E-state index in [1.807, 2.05) is 20.5 Å². The number of rotatable bonds is 3. The van der Waals surface area contributed by atoms with Gasteiger partial charge >= 0.3 is 6.03 Å². The van der Waals surface area contributed by atoms with E-state index >= 15 is 0 Å². The predicted octanol–water partition coefficient (Wildman–Crippen LogP) is 0.934. The first-order valence-corrected chi connectivity index (χ1v) is 7.82. The van der Waals surface area contributed by atoms with Crippen molar-refractivity contribution in [2.45, 2.75) is 31.8 Å². The number of likely N-dealkylation sites (tertiary alicyclic amines) is 1. The van der Waals surface area contributed by atoms with Crippen LogP contribution in [0.5, 0.6) is 0 Å². The molecule has 7 heteroatoms.